The fourth-order valence-corrected chi connectivity index (χ4v) is 1.84. The summed E-state index contributed by atoms with van der Waals surface area (Å²) in [6.07, 6.45) is 2.44. The monoisotopic (exact) mass is 174 g/mol. The molecule has 0 spiro atoms. The maximum Gasteiger partial charge on any atom is 0.127 e. The molecule has 1 aliphatic rings. The largest absolute Gasteiger partial charge is 0.328 e. The normalized spacial score (nSPS) is 33.2. The van der Waals surface area contributed by atoms with Crippen molar-refractivity contribution in [3.63, 3.8) is 0 Å². The van der Waals surface area contributed by atoms with Gasteiger partial charge in [-0.25, -0.2) is 4.39 Å². The fraction of sp³-hybridized carbons (Fsp3) is 1.00. The van der Waals surface area contributed by atoms with Crippen LogP contribution in [-0.4, -0.2) is 25.3 Å². The number of hydrogen-bond donors (Lipinski definition) is 2. The van der Waals surface area contributed by atoms with Crippen molar-refractivity contribution < 1.29 is 4.39 Å². The van der Waals surface area contributed by atoms with Crippen molar-refractivity contribution in [2.24, 2.45) is 11.7 Å². The van der Waals surface area contributed by atoms with Crippen LogP contribution in [0.2, 0.25) is 0 Å². The van der Waals surface area contributed by atoms with E-state index < -0.39 is 6.17 Å². The summed E-state index contributed by atoms with van der Waals surface area (Å²) in [7, 11) is 0. The van der Waals surface area contributed by atoms with Crippen LogP contribution in [-0.2, 0) is 0 Å². The van der Waals surface area contributed by atoms with Crippen LogP contribution in [0.4, 0.5) is 4.39 Å². The molecule has 3 N–H and O–H groups in total. The smallest absolute Gasteiger partial charge is 0.127 e. The summed E-state index contributed by atoms with van der Waals surface area (Å²) in [6.45, 7) is 3.26. The topological polar surface area (TPSA) is 38.0 Å². The van der Waals surface area contributed by atoms with Gasteiger partial charge in [-0.3, -0.25) is 0 Å². The number of alkyl halides is 1. The van der Waals surface area contributed by atoms with Gasteiger partial charge in [0.1, 0.15) is 6.17 Å². The van der Waals surface area contributed by atoms with Crippen LogP contribution in [0.1, 0.15) is 26.2 Å². The zero-order chi connectivity index (χ0) is 8.97. The second-order valence-corrected chi connectivity index (χ2v) is 3.61. The van der Waals surface area contributed by atoms with Crippen molar-refractivity contribution in [3.8, 4) is 0 Å². The second kappa shape index (κ2) is 4.77. The average Bonchev–Trinajstić information content (AvgIpc) is 2.17. The van der Waals surface area contributed by atoms with Gasteiger partial charge in [0, 0.05) is 12.6 Å². The van der Waals surface area contributed by atoms with E-state index in [0.717, 1.165) is 19.4 Å². The summed E-state index contributed by atoms with van der Waals surface area (Å²) in [5.41, 5.74) is 5.27. The van der Waals surface area contributed by atoms with E-state index >= 15 is 0 Å². The molecule has 0 saturated carbocycles. The first kappa shape index (κ1) is 9.93. The molecule has 0 bridgehead atoms. The third-order valence-corrected chi connectivity index (χ3v) is 2.79. The molecule has 1 fully saturated rings. The van der Waals surface area contributed by atoms with Crippen molar-refractivity contribution in [2.45, 2.75) is 38.4 Å². The predicted octanol–water partition coefficient (Wildman–Crippen LogP) is 1.06. The van der Waals surface area contributed by atoms with Crippen LogP contribution < -0.4 is 11.1 Å². The van der Waals surface area contributed by atoms with Crippen LogP contribution in [0.25, 0.3) is 0 Å². The van der Waals surface area contributed by atoms with Gasteiger partial charge in [0.2, 0.25) is 0 Å². The lowest BCUT2D eigenvalue weighted by atomic mass is 9.88. The summed E-state index contributed by atoms with van der Waals surface area (Å²) >= 11 is 0. The molecule has 0 aromatic heterocycles. The molecule has 3 atom stereocenters. The maximum absolute atomic E-state index is 13.1. The molecule has 0 amide bonds. The summed E-state index contributed by atoms with van der Waals surface area (Å²) < 4.78 is 13.1. The Morgan fingerprint density at radius 2 is 2.42 bits per heavy atom. The van der Waals surface area contributed by atoms with Crippen LogP contribution in [0, 0.1) is 5.92 Å². The molecule has 1 saturated heterocycles. The van der Waals surface area contributed by atoms with E-state index in [2.05, 4.69) is 12.2 Å². The molecule has 2 nitrogen and oxygen atoms in total. The van der Waals surface area contributed by atoms with Crippen molar-refractivity contribution in [1.82, 2.24) is 5.32 Å². The molecule has 12 heavy (non-hydrogen) atoms. The zero-order valence-electron chi connectivity index (χ0n) is 7.72. The maximum atomic E-state index is 13.1. The number of hydrogen-bond acceptors (Lipinski definition) is 2. The van der Waals surface area contributed by atoms with Crippen molar-refractivity contribution in [3.05, 3.63) is 0 Å². The van der Waals surface area contributed by atoms with Gasteiger partial charge in [-0.1, -0.05) is 13.3 Å². The molecule has 0 aromatic carbocycles. The number of nitrogens with two attached hydrogens (primary N) is 1. The Morgan fingerprint density at radius 1 is 1.67 bits per heavy atom. The summed E-state index contributed by atoms with van der Waals surface area (Å²) in [4.78, 5) is 0. The highest BCUT2D eigenvalue weighted by atomic mass is 19.1. The molecule has 1 rings (SSSR count). The van der Waals surface area contributed by atoms with Gasteiger partial charge in [-0.15, -0.1) is 0 Å². The van der Waals surface area contributed by atoms with Crippen molar-refractivity contribution in [2.75, 3.05) is 13.1 Å². The van der Waals surface area contributed by atoms with Crippen molar-refractivity contribution in [1.29, 1.82) is 0 Å². The van der Waals surface area contributed by atoms with Gasteiger partial charge >= 0.3 is 0 Å². The minimum absolute atomic E-state index is 0.00806. The first-order valence-electron chi connectivity index (χ1n) is 4.85. The van der Waals surface area contributed by atoms with E-state index in [-0.39, 0.29) is 12.6 Å². The lowest BCUT2D eigenvalue weighted by Crippen LogP contribution is -2.46. The van der Waals surface area contributed by atoms with E-state index in [1.807, 2.05) is 0 Å². The Morgan fingerprint density at radius 3 is 3.00 bits per heavy atom. The van der Waals surface area contributed by atoms with E-state index in [1.165, 1.54) is 6.42 Å². The average molecular weight is 174 g/mol. The number of piperidine rings is 1. The van der Waals surface area contributed by atoms with Gasteiger partial charge in [-0.05, 0) is 25.3 Å². The molecule has 3 heteroatoms. The van der Waals surface area contributed by atoms with Gasteiger partial charge in [-0.2, -0.15) is 0 Å². The Labute approximate surface area is 73.7 Å². The highest BCUT2D eigenvalue weighted by Gasteiger charge is 2.25. The molecule has 1 heterocycles. The summed E-state index contributed by atoms with van der Waals surface area (Å²) in [6, 6.07) is 0.00806. The lowest BCUT2D eigenvalue weighted by molar-refractivity contribution is 0.188. The quantitative estimate of drug-likeness (QED) is 0.671. The molecule has 1 aliphatic heterocycles. The van der Waals surface area contributed by atoms with Crippen LogP contribution in [0.15, 0.2) is 0 Å². The lowest BCUT2D eigenvalue weighted by Gasteiger charge is -2.31. The number of halogens is 1. The standard InChI is InChI=1S/C9H19FN2/c1-2-7-3-4-12-9(5-7)8(10)6-11/h7-9,12H,2-6,11H2,1H3. The minimum atomic E-state index is -0.862. The van der Waals surface area contributed by atoms with Crippen LogP contribution in [0.5, 0.6) is 0 Å². The first-order valence-corrected chi connectivity index (χ1v) is 4.85. The van der Waals surface area contributed by atoms with E-state index in [1.54, 1.807) is 0 Å². The van der Waals surface area contributed by atoms with E-state index in [4.69, 9.17) is 5.73 Å². The van der Waals surface area contributed by atoms with Gasteiger partial charge in [0.05, 0.1) is 0 Å². The van der Waals surface area contributed by atoms with E-state index in [9.17, 15) is 4.39 Å². The number of nitrogens with one attached hydrogen (secondary N) is 1. The predicted molar refractivity (Wildman–Crippen MR) is 48.8 cm³/mol. The number of rotatable bonds is 3. The molecule has 0 aromatic rings. The van der Waals surface area contributed by atoms with Gasteiger partial charge in [0.15, 0.2) is 0 Å². The Bertz CT molecular complexity index is 128. The minimum Gasteiger partial charge on any atom is -0.328 e. The van der Waals surface area contributed by atoms with Gasteiger partial charge in [0.25, 0.3) is 0 Å². The molecule has 72 valence electrons. The Balaban J connectivity index is 2.34. The summed E-state index contributed by atoms with van der Waals surface area (Å²) in [5.74, 6) is 0.695. The van der Waals surface area contributed by atoms with E-state index in [0.29, 0.717) is 5.92 Å². The Kier molecular flexibility index (Phi) is 3.95. The first-order chi connectivity index (χ1) is 5.77. The zero-order valence-corrected chi connectivity index (χ0v) is 7.72. The third-order valence-electron chi connectivity index (χ3n) is 2.79. The van der Waals surface area contributed by atoms with Crippen LogP contribution in [0.3, 0.4) is 0 Å². The van der Waals surface area contributed by atoms with Crippen molar-refractivity contribution >= 4 is 0 Å². The Hall–Kier alpha value is -0.150. The second-order valence-electron chi connectivity index (χ2n) is 3.61. The molecule has 0 radical (unpaired) electrons. The highest BCUT2D eigenvalue weighted by Crippen LogP contribution is 2.21. The fourth-order valence-electron chi connectivity index (χ4n) is 1.84. The SMILES string of the molecule is CCC1CCNC(C(F)CN)C1. The molecule has 3 unspecified atom stereocenters. The summed E-state index contributed by atoms with van der Waals surface area (Å²) in [5, 5.41) is 3.18. The van der Waals surface area contributed by atoms with Gasteiger partial charge < -0.3 is 11.1 Å². The third kappa shape index (κ3) is 2.42. The highest BCUT2D eigenvalue weighted by molar-refractivity contribution is 4.83. The van der Waals surface area contributed by atoms with Crippen LogP contribution >= 0.6 is 0 Å². The molecular formula is C9H19FN2. The molecule has 0 aliphatic carbocycles. The molecular weight excluding hydrogens is 155 g/mol.